The SMILES string of the molecule is CCOC(=O)Cn1cc(-c2ccncc2)c(OCc2ccc(-c3ccc4ccccc4n3)cc2)n1. The van der Waals surface area contributed by atoms with Gasteiger partial charge in [-0.05, 0) is 42.3 Å². The van der Waals surface area contributed by atoms with Gasteiger partial charge < -0.3 is 9.47 Å². The van der Waals surface area contributed by atoms with Crippen LogP contribution in [0, 0.1) is 0 Å². The Morgan fingerprint density at radius 3 is 2.51 bits per heavy atom. The molecule has 0 fully saturated rings. The van der Waals surface area contributed by atoms with E-state index >= 15 is 0 Å². The zero-order valence-corrected chi connectivity index (χ0v) is 19.3. The monoisotopic (exact) mass is 464 g/mol. The number of fused-ring (bicyclic) bond motifs is 1. The number of hydrogen-bond acceptors (Lipinski definition) is 6. The maximum Gasteiger partial charge on any atom is 0.327 e. The quantitative estimate of drug-likeness (QED) is 0.290. The largest absolute Gasteiger partial charge is 0.471 e. The summed E-state index contributed by atoms with van der Waals surface area (Å²) in [5.41, 5.74) is 5.62. The Hall–Kier alpha value is -4.52. The zero-order valence-electron chi connectivity index (χ0n) is 19.3. The normalized spacial score (nSPS) is 10.9. The van der Waals surface area contributed by atoms with Gasteiger partial charge in [-0.2, -0.15) is 0 Å². The van der Waals surface area contributed by atoms with Crippen molar-refractivity contribution in [1.29, 1.82) is 0 Å². The van der Waals surface area contributed by atoms with Crippen LogP contribution < -0.4 is 4.74 Å². The van der Waals surface area contributed by atoms with Crippen molar-refractivity contribution in [2.24, 2.45) is 0 Å². The molecular formula is C28H24N4O3. The summed E-state index contributed by atoms with van der Waals surface area (Å²) in [5.74, 6) is 0.0986. The number of esters is 1. The summed E-state index contributed by atoms with van der Waals surface area (Å²) in [6, 6.07) is 24.1. The summed E-state index contributed by atoms with van der Waals surface area (Å²) in [4.78, 5) is 20.8. The second-order valence-electron chi connectivity index (χ2n) is 7.96. The standard InChI is InChI=1S/C28H24N4O3/c1-2-34-27(33)18-32-17-24(21-13-15-29-16-14-21)28(31-32)35-19-20-7-9-23(10-8-20)26-12-11-22-5-3-4-6-25(22)30-26/h3-17H,2,18-19H2,1H3. The van der Waals surface area contributed by atoms with E-state index < -0.39 is 0 Å². The van der Waals surface area contributed by atoms with Gasteiger partial charge in [0.1, 0.15) is 13.2 Å². The third-order valence-electron chi connectivity index (χ3n) is 5.54. The number of pyridine rings is 2. The van der Waals surface area contributed by atoms with Crippen molar-refractivity contribution in [3.8, 4) is 28.3 Å². The van der Waals surface area contributed by atoms with Gasteiger partial charge in [0.05, 0.1) is 23.4 Å². The van der Waals surface area contributed by atoms with Crippen LogP contribution in [0.1, 0.15) is 12.5 Å². The van der Waals surface area contributed by atoms with Crippen LogP contribution >= 0.6 is 0 Å². The Kier molecular flexibility index (Phi) is 6.48. The molecule has 0 atom stereocenters. The lowest BCUT2D eigenvalue weighted by Gasteiger charge is -2.08. The lowest BCUT2D eigenvalue weighted by atomic mass is 10.1. The number of carbonyl (C=O) groups is 1. The predicted octanol–water partition coefficient (Wildman–Crippen LogP) is 5.30. The summed E-state index contributed by atoms with van der Waals surface area (Å²) in [6.07, 6.45) is 5.21. The molecule has 0 aliphatic rings. The van der Waals surface area contributed by atoms with Crippen LogP contribution in [0.15, 0.2) is 91.4 Å². The Labute approximate surface area is 203 Å². The summed E-state index contributed by atoms with van der Waals surface area (Å²) in [5, 5.41) is 5.60. The lowest BCUT2D eigenvalue weighted by molar-refractivity contribution is -0.144. The minimum Gasteiger partial charge on any atom is -0.471 e. The van der Waals surface area contributed by atoms with Crippen molar-refractivity contribution >= 4 is 16.9 Å². The van der Waals surface area contributed by atoms with Gasteiger partial charge in [-0.15, -0.1) is 5.10 Å². The fraction of sp³-hybridized carbons (Fsp3) is 0.143. The van der Waals surface area contributed by atoms with Gasteiger partial charge in [0, 0.05) is 29.5 Å². The molecule has 3 heterocycles. The van der Waals surface area contributed by atoms with Crippen molar-refractivity contribution in [2.75, 3.05) is 6.61 Å². The number of carbonyl (C=O) groups excluding carboxylic acids is 1. The van der Waals surface area contributed by atoms with Crippen LogP contribution in [-0.2, 0) is 22.7 Å². The van der Waals surface area contributed by atoms with Gasteiger partial charge in [-0.1, -0.05) is 48.5 Å². The highest BCUT2D eigenvalue weighted by molar-refractivity contribution is 5.81. The van der Waals surface area contributed by atoms with Crippen LogP contribution in [0.3, 0.4) is 0 Å². The molecule has 5 rings (SSSR count). The molecule has 0 amide bonds. The van der Waals surface area contributed by atoms with Crippen molar-refractivity contribution in [3.05, 3.63) is 97.0 Å². The fourth-order valence-corrected chi connectivity index (χ4v) is 3.81. The molecule has 2 aromatic carbocycles. The number of rotatable bonds is 8. The molecule has 0 spiro atoms. The molecular weight excluding hydrogens is 440 g/mol. The number of hydrogen-bond donors (Lipinski definition) is 0. The van der Waals surface area contributed by atoms with E-state index in [1.165, 1.54) is 4.68 Å². The Bertz CT molecular complexity index is 1450. The van der Waals surface area contributed by atoms with Crippen LogP contribution in [0.25, 0.3) is 33.3 Å². The van der Waals surface area contributed by atoms with Crippen LogP contribution in [0.2, 0.25) is 0 Å². The molecule has 0 unspecified atom stereocenters. The van der Waals surface area contributed by atoms with E-state index in [1.807, 2.05) is 60.7 Å². The van der Waals surface area contributed by atoms with E-state index in [1.54, 1.807) is 25.5 Å². The summed E-state index contributed by atoms with van der Waals surface area (Å²) in [6.45, 7) is 2.45. The fourth-order valence-electron chi connectivity index (χ4n) is 3.81. The summed E-state index contributed by atoms with van der Waals surface area (Å²) < 4.78 is 12.7. The van der Waals surface area contributed by atoms with Crippen molar-refractivity contribution in [2.45, 2.75) is 20.1 Å². The molecule has 174 valence electrons. The second-order valence-corrected chi connectivity index (χ2v) is 7.96. The predicted molar refractivity (Wildman–Crippen MR) is 134 cm³/mol. The van der Waals surface area contributed by atoms with E-state index in [0.717, 1.165) is 38.9 Å². The second kappa shape index (κ2) is 10.2. The van der Waals surface area contributed by atoms with E-state index in [-0.39, 0.29) is 12.5 Å². The topological polar surface area (TPSA) is 79.1 Å². The first-order valence-corrected chi connectivity index (χ1v) is 11.4. The molecule has 0 aliphatic carbocycles. The Morgan fingerprint density at radius 1 is 0.914 bits per heavy atom. The number of aromatic nitrogens is 4. The molecule has 5 aromatic rings. The highest BCUT2D eigenvalue weighted by Gasteiger charge is 2.15. The van der Waals surface area contributed by atoms with Gasteiger partial charge >= 0.3 is 5.97 Å². The van der Waals surface area contributed by atoms with Crippen LogP contribution in [0.4, 0.5) is 0 Å². The van der Waals surface area contributed by atoms with E-state index in [2.05, 4.69) is 22.2 Å². The molecule has 35 heavy (non-hydrogen) atoms. The minimum atomic E-state index is -0.347. The third kappa shape index (κ3) is 5.19. The molecule has 0 aliphatic heterocycles. The van der Waals surface area contributed by atoms with Crippen LogP contribution in [0.5, 0.6) is 5.88 Å². The lowest BCUT2D eigenvalue weighted by Crippen LogP contribution is -2.13. The third-order valence-corrected chi connectivity index (χ3v) is 5.54. The molecule has 0 N–H and O–H groups in total. The zero-order chi connectivity index (χ0) is 24.0. The van der Waals surface area contributed by atoms with Gasteiger partial charge in [-0.3, -0.25) is 14.5 Å². The average Bonchev–Trinajstić information content (AvgIpc) is 3.30. The molecule has 0 saturated heterocycles. The number of para-hydroxylation sites is 1. The smallest absolute Gasteiger partial charge is 0.327 e. The minimum absolute atomic E-state index is 0.0166. The van der Waals surface area contributed by atoms with Gasteiger partial charge in [-0.25, -0.2) is 4.98 Å². The maximum atomic E-state index is 11.9. The van der Waals surface area contributed by atoms with Gasteiger partial charge in [0.25, 0.3) is 0 Å². The Morgan fingerprint density at radius 2 is 1.71 bits per heavy atom. The molecule has 7 nitrogen and oxygen atoms in total. The van der Waals surface area contributed by atoms with Gasteiger partial charge in [0.15, 0.2) is 0 Å². The van der Waals surface area contributed by atoms with Crippen molar-refractivity contribution < 1.29 is 14.3 Å². The Balaban J connectivity index is 1.33. The highest BCUT2D eigenvalue weighted by atomic mass is 16.5. The van der Waals surface area contributed by atoms with Gasteiger partial charge in [0.2, 0.25) is 5.88 Å². The van der Waals surface area contributed by atoms with Crippen molar-refractivity contribution in [1.82, 2.24) is 19.7 Å². The summed E-state index contributed by atoms with van der Waals surface area (Å²) in [7, 11) is 0. The van der Waals surface area contributed by atoms with E-state index in [4.69, 9.17) is 14.5 Å². The molecule has 0 bridgehead atoms. The first-order chi connectivity index (χ1) is 17.2. The van der Waals surface area contributed by atoms with E-state index in [9.17, 15) is 4.79 Å². The molecule has 7 heteroatoms. The van der Waals surface area contributed by atoms with Crippen molar-refractivity contribution in [3.63, 3.8) is 0 Å². The number of nitrogens with zero attached hydrogens (tertiary/aromatic N) is 4. The first kappa shape index (κ1) is 22.3. The molecule has 0 radical (unpaired) electrons. The number of benzene rings is 2. The molecule has 0 saturated carbocycles. The maximum absolute atomic E-state index is 11.9. The highest BCUT2D eigenvalue weighted by Crippen LogP contribution is 2.29. The first-order valence-electron chi connectivity index (χ1n) is 11.4. The summed E-state index contributed by atoms with van der Waals surface area (Å²) >= 11 is 0. The van der Waals surface area contributed by atoms with E-state index in [0.29, 0.717) is 19.1 Å². The van der Waals surface area contributed by atoms with Crippen LogP contribution in [-0.4, -0.2) is 32.3 Å². The molecule has 3 aromatic heterocycles. The number of ether oxygens (including phenoxy) is 2. The average molecular weight is 465 g/mol.